The van der Waals surface area contributed by atoms with Crippen molar-refractivity contribution in [2.24, 2.45) is 5.73 Å². The number of amides is 1. The zero-order chi connectivity index (χ0) is 14.2. The van der Waals surface area contributed by atoms with Gasteiger partial charge in [0.05, 0.1) is 5.54 Å². The summed E-state index contributed by atoms with van der Waals surface area (Å²) in [6.45, 7) is 1.96. The lowest BCUT2D eigenvalue weighted by Gasteiger charge is -2.27. The molecule has 0 radical (unpaired) electrons. The van der Waals surface area contributed by atoms with Crippen LogP contribution in [0.5, 0.6) is 0 Å². The van der Waals surface area contributed by atoms with E-state index in [1.54, 1.807) is 18.0 Å². The average Bonchev–Trinajstić information content (AvgIpc) is 3.10. The maximum Gasteiger partial charge on any atom is 0.237 e. The van der Waals surface area contributed by atoms with Crippen molar-refractivity contribution in [3.8, 4) is 0 Å². The van der Waals surface area contributed by atoms with Gasteiger partial charge >= 0.3 is 0 Å². The number of nitrogens with two attached hydrogens (primary N) is 1. The highest BCUT2D eigenvalue weighted by Crippen LogP contribution is 2.40. The van der Waals surface area contributed by atoms with E-state index in [0.717, 1.165) is 43.0 Å². The first-order valence-electron chi connectivity index (χ1n) is 7.11. The van der Waals surface area contributed by atoms with E-state index < -0.39 is 5.54 Å². The highest BCUT2D eigenvalue weighted by molar-refractivity contribution is 7.99. The van der Waals surface area contributed by atoms with Crippen molar-refractivity contribution in [2.75, 3.05) is 0 Å². The van der Waals surface area contributed by atoms with Gasteiger partial charge in [0, 0.05) is 23.2 Å². The van der Waals surface area contributed by atoms with Gasteiger partial charge < -0.3 is 11.1 Å². The lowest BCUT2D eigenvalue weighted by atomic mass is 9.96. The van der Waals surface area contributed by atoms with Gasteiger partial charge in [0.25, 0.3) is 0 Å². The number of nitrogens with zero attached hydrogens (tertiary/aromatic N) is 2. The molecule has 1 heterocycles. The molecule has 2 unspecified atom stereocenters. The Kier molecular flexibility index (Phi) is 3.69. The van der Waals surface area contributed by atoms with E-state index in [-0.39, 0.29) is 5.91 Å². The molecule has 2 atom stereocenters. The normalized spacial score (nSPS) is 29.6. The molecule has 0 aromatic carbocycles. The number of thioether (sulfide) groups is 1. The SMILES string of the molecule is Cc1ccnc(SC2CCC(NC3CC3)(C(N)=O)C2)n1. The number of carbonyl (C=O) groups is 1. The van der Waals surface area contributed by atoms with E-state index in [1.165, 1.54) is 0 Å². The van der Waals surface area contributed by atoms with Gasteiger partial charge in [-0.2, -0.15) is 0 Å². The van der Waals surface area contributed by atoms with E-state index >= 15 is 0 Å². The Morgan fingerprint density at radius 1 is 1.50 bits per heavy atom. The van der Waals surface area contributed by atoms with Crippen LogP contribution in [0.25, 0.3) is 0 Å². The Labute approximate surface area is 123 Å². The molecule has 3 rings (SSSR count). The van der Waals surface area contributed by atoms with Crippen LogP contribution in [0, 0.1) is 6.92 Å². The molecule has 5 nitrogen and oxygen atoms in total. The summed E-state index contributed by atoms with van der Waals surface area (Å²) in [6, 6.07) is 2.38. The maximum atomic E-state index is 11.9. The topological polar surface area (TPSA) is 80.9 Å². The molecule has 1 amide bonds. The van der Waals surface area contributed by atoms with Gasteiger partial charge in [0.1, 0.15) is 0 Å². The zero-order valence-corrected chi connectivity index (χ0v) is 12.4. The predicted molar refractivity (Wildman–Crippen MR) is 78.3 cm³/mol. The molecular weight excluding hydrogens is 272 g/mol. The Morgan fingerprint density at radius 2 is 2.30 bits per heavy atom. The summed E-state index contributed by atoms with van der Waals surface area (Å²) in [5, 5.41) is 4.61. The lowest BCUT2D eigenvalue weighted by Crippen LogP contribution is -2.54. The Morgan fingerprint density at radius 3 is 2.95 bits per heavy atom. The van der Waals surface area contributed by atoms with Gasteiger partial charge in [0.2, 0.25) is 5.91 Å². The van der Waals surface area contributed by atoms with Crippen LogP contribution in [0.15, 0.2) is 17.4 Å². The van der Waals surface area contributed by atoms with Gasteiger partial charge in [-0.1, -0.05) is 11.8 Å². The molecule has 1 aromatic rings. The standard InChI is InChI=1S/C14H20N4OS/c1-9-5-7-16-13(17-9)20-11-4-6-14(8-11,12(15)19)18-10-2-3-10/h5,7,10-11,18H,2-4,6,8H2,1H3,(H2,15,19). The van der Waals surface area contributed by atoms with E-state index in [4.69, 9.17) is 5.73 Å². The largest absolute Gasteiger partial charge is 0.368 e. The fraction of sp³-hybridized carbons (Fsp3) is 0.643. The second-order valence-electron chi connectivity index (χ2n) is 5.83. The predicted octanol–water partition coefficient (Wildman–Crippen LogP) is 1.41. The van der Waals surface area contributed by atoms with Crippen molar-refractivity contribution in [3.63, 3.8) is 0 Å². The summed E-state index contributed by atoms with van der Waals surface area (Å²) < 4.78 is 0. The monoisotopic (exact) mass is 292 g/mol. The molecule has 2 saturated carbocycles. The number of nitrogens with one attached hydrogen (secondary N) is 1. The smallest absolute Gasteiger partial charge is 0.237 e. The summed E-state index contributed by atoms with van der Waals surface area (Å²) in [5.74, 6) is -0.210. The van der Waals surface area contributed by atoms with Crippen molar-refractivity contribution in [3.05, 3.63) is 18.0 Å². The minimum Gasteiger partial charge on any atom is -0.368 e. The van der Waals surface area contributed by atoms with Gasteiger partial charge in [-0.15, -0.1) is 0 Å². The molecule has 0 bridgehead atoms. The van der Waals surface area contributed by atoms with Crippen LogP contribution in [-0.2, 0) is 4.79 Å². The van der Waals surface area contributed by atoms with Crippen LogP contribution >= 0.6 is 11.8 Å². The summed E-state index contributed by atoms with van der Waals surface area (Å²) in [5.41, 5.74) is 6.11. The summed E-state index contributed by atoms with van der Waals surface area (Å²) in [4.78, 5) is 20.6. The molecule has 1 aromatic heterocycles. The van der Waals surface area contributed by atoms with Crippen LogP contribution in [0.2, 0.25) is 0 Å². The third kappa shape index (κ3) is 2.96. The third-order valence-corrected chi connectivity index (χ3v) is 5.19. The molecule has 20 heavy (non-hydrogen) atoms. The quantitative estimate of drug-likeness (QED) is 0.802. The summed E-state index contributed by atoms with van der Waals surface area (Å²) in [7, 11) is 0. The van der Waals surface area contributed by atoms with E-state index in [9.17, 15) is 4.79 Å². The van der Waals surface area contributed by atoms with Gasteiger partial charge in [-0.05, 0) is 45.1 Å². The fourth-order valence-electron chi connectivity index (χ4n) is 2.78. The number of carbonyl (C=O) groups excluding carboxylic acids is 1. The second kappa shape index (κ2) is 5.33. The van der Waals surface area contributed by atoms with Crippen LogP contribution in [0.3, 0.4) is 0 Å². The second-order valence-corrected chi connectivity index (χ2v) is 7.10. The first kappa shape index (κ1) is 13.8. The maximum absolute atomic E-state index is 11.9. The van der Waals surface area contributed by atoms with E-state index in [2.05, 4.69) is 15.3 Å². The molecule has 6 heteroatoms. The van der Waals surface area contributed by atoms with Gasteiger partial charge in [-0.25, -0.2) is 9.97 Å². The average molecular weight is 292 g/mol. The minimum absolute atomic E-state index is 0.210. The Bertz CT molecular complexity index is 520. The number of hydrogen-bond acceptors (Lipinski definition) is 5. The van der Waals surface area contributed by atoms with Crippen molar-refractivity contribution < 1.29 is 4.79 Å². The van der Waals surface area contributed by atoms with Crippen molar-refractivity contribution >= 4 is 17.7 Å². The third-order valence-electron chi connectivity index (χ3n) is 4.04. The zero-order valence-electron chi connectivity index (χ0n) is 11.6. The Hall–Kier alpha value is -1.14. The van der Waals surface area contributed by atoms with E-state index in [0.29, 0.717) is 11.3 Å². The number of rotatable bonds is 5. The number of hydrogen-bond donors (Lipinski definition) is 2. The lowest BCUT2D eigenvalue weighted by molar-refractivity contribution is -0.124. The van der Waals surface area contributed by atoms with Crippen LogP contribution in [0.4, 0.5) is 0 Å². The molecular formula is C14H20N4OS. The van der Waals surface area contributed by atoms with E-state index in [1.807, 2.05) is 13.0 Å². The summed E-state index contributed by atoms with van der Waals surface area (Å²) in [6.07, 6.45) is 6.68. The van der Waals surface area contributed by atoms with Gasteiger partial charge in [0.15, 0.2) is 5.16 Å². The first-order valence-corrected chi connectivity index (χ1v) is 7.99. The molecule has 2 fully saturated rings. The molecule has 108 valence electrons. The molecule has 2 aliphatic carbocycles. The van der Waals surface area contributed by atoms with Crippen molar-refractivity contribution in [1.29, 1.82) is 0 Å². The van der Waals surface area contributed by atoms with Crippen LogP contribution < -0.4 is 11.1 Å². The molecule has 3 N–H and O–H groups in total. The molecule has 0 saturated heterocycles. The van der Waals surface area contributed by atoms with Gasteiger partial charge in [-0.3, -0.25) is 4.79 Å². The molecule has 0 spiro atoms. The molecule has 2 aliphatic rings. The minimum atomic E-state index is -0.511. The fourth-order valence-corrected chi connectivity index (χ4v) is 4.00. The summed E-state index contributed by atoms with van der Waals surface area (Å²) >= 11 is 1.66. The van der Waals surface area contributed by atoms with Crippen molar-refractivity contribution in [2.45, 2.75) is 61.0 Å². The molecule has 0 aliphatic heterocycles. The number of primary amides is 1. The van der Waals surface area contributed by atoms with Crippen LogP contribution in [-0.4, -0.2) is 32.7 Å². The number of aromatic nitrogens is 2. The van der Waals surface area contributed by atoms with Crippen LogP contribution in [0.1, 0.15) is 37.8 Å². The van der Waals surface area contributed by atoms with Crippen molar-refractivity contribution in [1.82, 2.24) is 15.3 Å². The first-order chi connectivity index (χ1) is 9.57. The Balaban J connectivity index is 1.66. The highest BCUT2D eigenvalue weighted by Gasteiger charge is 2.47. The highest BCUT2D eigenvalue weighted by atomic mass is 32.2. The number of aryl methyl sites for hydroxylation is 1.